The van der Waals surface area contributed by atoms with Gasteiger partial charge in [-0.1, -0.05) is 23.7 Å². The van der Waals surface area contributed by atoms with E-state index in [4.69, 9.17) is 22.1 Å². The van der Waals surface area contributed by atoms with Crippen LogP contribution in [0, 0.1) is 0 Å². The zero-order valence-corrected chi connectivity index (χ0v) is 17.1. The van der Waals surface area contributed by atoms with Crippen LogP contribution in [0.3, 0.4) is 0 Å². The van der Waals surface area contributed by atoms with E-state index in [1.165, 1.54) is 29.8 Å². The van der Waals surface area contributed by atoms with Gasteiger partial charge in [-0.05, 0) is 29.8 Å². The van der Waals surface area contributed by atoms with Gasteiger partial charge in [0.1, 0.15) is 23.3 Å². The molecule has 0 saturated heterocycles. The summed E-state index contributed by atoms with van der Waals surface area (Å²) < 4.78 is 58.9. The summed E-state index contributed by atoms with van der Waals surface area (Å²) >= 11 is 6.28. The van der Waals surface area contributed by atoms with Crippen molar-refractivity contribution in [2.24, 2.45) is 0 Å². The van der Waals surface area contributed by atoms with Crippen LogP contribution in [0.25, 0.3) is 10.9 Å². The Morgan fingerprint density at radius 1 is 1.24 bits per heavy atom. The van der Waals surface area contributed by atoms with Gasteiger partial charge in [-0.15, -0.1) is 0 Å². The molecule has 6 nitrogen and oxygen atoms in total. The number of hydrogen-bond donors (Lipinski definition) is 1. The molecule has 156 valence electrons. The van der Waals surface area contributed by atoms with Crippen molar-refractivity contribution in [2.45, 2.75) is 19.3 Å². The van der Waals surface area contributed by atoms with Crippen molar-refractivity contribution in [1.29, 1.82) is 0 Å². The van der Waals surface area contributed by atoms with Gasteiger partial charge < -0.3 is 10.5 Å². The Bertz CT molecular complexity index is 1050. The van der Waals surface area contributed by atoms with Crippen molar-refractivity contribution in [1.82, 2.24) is 9.78 Å². The highest BCUT2D eigenvalue weighted by Crippen LogP contribution is 2.38. The zero-order chi connectivity index (χ0) is 21.3. The molecule has 3 aromatic rings. The van der Waals surface area contributed by atoms with Crippen LogP contribution >= 0.6 is 11.6 Å². The van der Waals surface area contributed by atoms with Crippen molar-refractivity contribution < 1.29 is 22.1 Å². The topological polar surface area (TPSA) is 73.4 Å². The number of hydrogen-bond acceptors (Lipinski definition) is 4. The van der Waals surface area contributed by atoms with Gasteiger partial charge in [-0.2, -0.15) is 18.3 Å². The summed E-state index contributed by atoms with van der Waals surface area (Å²) in [5, 5.41) is 4.48. The van der Waals surface area contributed by atoms with Crippen molar-refractivity contribution >= 4 is 45.0 Å². The minimum atomic E-state index is -4.52. The molecule has 2 aromatic carbocycles. The lowest BCUT2D eigenvalue weighted by molar-refractivity contribution is -0.141. The predicted molar refractivity (Wildman–Crippen MR) is 108 cm³/mol. The number of alkyl halides is 3. The summed E-state index contributed by atoms with van der Waals surface area (Å²) in [5.41, 5.74) is 6.83. The normalized spacial score (nSPS) is 12.9. The molecule has 0 spiro atoms. The number of benzene rings is 2. The maximum absolute atomic E-state index is 13.1. The molecular formula is C18H18ClF3N4O2S. The third-order valence-corrected chi connectivity index (χ3v) is 5.45. The van der Waals surface area contributed by atoms with E-state index in [9.17, 15) is 17.4 Å². The molecule has 1 atom stereocenters. The van der Waals surface area contributed by atoms with E-state index in [2.05, 4.69) is 5.10 Å². The number of methoxy groups -OCH3 is 1. The largest absolute Gasteiger partial charge is 0.497 e. The Kier molecular flexibility index (Phi) is 5.95. The SMILES string of the molecule is COc1ccc(CN(c2nn(CC(F)(F)F)c3c(N)ccc(Cl)c23)S(C)=O)cc1. The van der Waals surface area contributed by atoms with Crippen LogP contribution in [0.2, 0.25) is 5.02 Å². The van der Waals surface area contributed by atoms with E-state index in [-0.39, 0.29) is 34.0 Å². The fraction of sp³-hybridized carbons (Fsp3) is 0.278. The molecule has 1 unspecified atom stereocenters. The number of halogens is 4. The average Bonchev–Trinajstić information content (AvgIpc) is 3.01. The molecule has 0 amide bonds. The second kappa shape index (κ2) is 8.11. The molecule has 0 aliphatic carbocycles. The van der Waals surface area contributed by atoms with Gasteiger partial charge >= 0.3 is 6.18 Å². The Morgan fingerprint density at radius 3 is 2.45 bits per heavy atom. The van der Waals surface area contributed by atoms with E-state index >= 15 is 0 Å². The molecule has 0 saturated carbocycles. The van der Waals surface area contributed by atoms with Crippen molar-refractivity contribution in [2.75, 3.05) is 23.4 Å². The van der Waals surface area contributed by atoms with Gasteiger partial charge in [-0.25, -0.2) is 4.21 Å². The minimum absolute atomic E-state index is 0.0509. The number of nitrogen functional groups attached to an aromatic ring is 1. The first kappa shape index (κ1) is 21.3. The highest BCUT2D eigenvalue weighted by atomic mass is 35.5. The van der Waals surface area contributed by atoms with Crippen molar-refractivity contribution in [3.63, 3.8) is 0 Å². The van der Waals surface area contributed by atoms with Crippen LogP contribution < -0.4 is 14.8 Å². The Labute approximate surface area is 172 Å². The molecule has 11 heteroatoms. The quantitative estimate of drug-likeness (QED) is 0.577. The first-order valence-electron chi connectivity index (χ1n) is 8.36. The number of anilines is 2. The number of nitrogens with two attached hydrogens (primary N) is 1. The third kappa shape index (κ3) is 4.59. The van der Waals surface area contributed by atoms with Gasteiger partial charge in [0.15, 0.2) is 5.82 Å². The molecule has 1 heterocycles. The Balaban J connectivity index is 2.13. The molecule has 2 N–H and O–H groups in total. The lowest BCUT2D eigenvalue weighted by atomic mass is 10.2. The third-order valence-electron chi connectivity index (χ3n) is 4.22. The fourth-order valence-corrected chi connectivity index (χ4v) is 3.87. The molecule has 29 heavy (non-hydrogen) atoms. The summed E-state index contributed by atoms with van der Waals surface area (Å²) in [6.45, 7) is -1.21. The van der Waals surface area contributed by atoms with Gasteiger partial charge in [0, 0.05) is 6.26 Å². The first-order valence-corrected chi connectivity index (χ1v) is 10.2. The molecule has 0 aliphatic rings. The summed E-state index contributed by atoms with van der Waals surface area (Å²) in [6, 6.07) is 9.90. The molecule has 0 fully saturated rings. The Morgan fingerprint density at radius 2 is 1.90 bits per heavy atom. The van der Waals surface area contributed by atoms with Crippen LogP contribution in [-0.4, -0.2) is 33.5 Å². The van der Waals surface area contributed by atoms with Crippen LogP contribution in [-0.2, 0) is 24.1 Å². The smallest absolute Gasteiger partial charge is 0.408 e. The second-order valence-corrected chi connectivity index (χ2v) is 7.96. The van der Waals surface area contributed by atoms with Gasteiger partial charge in [0.2, 0.25) is 0 Å². The highest BCUT2D eigenvalue weighted by Gasteiger charge is 2.32. The minimum Gasteiger partial charge on any atom is -0.497 e. The number of ether oxygens (including phenoxy) is 1. The number of aromatic nitrogens is 2. The first-order chi connectivity index (χ1) is 13.6. The molecule has 0 aliphatic heterocycles. The fourth-order valence-electron chi connectivity index (χ4n) is 2.93. The van der Waals surface area contributed by atoms with Crippen LogP contribution in [0.5, 0.6) is 5.75 Å². The molecule has 0 radical (unpaired) electrons. The van der Waals surface area contributed by atoms with Gasteiger partial charge in [0.05, 0.1) is 35.3 Å². The molecule has 3 rings (SSSR count). The lowest BCUT2D eigenvalue weighted by Crippen LogP contribution is -2.25. The zero-order valence-electron chi connectivity index (χ0n) is 15.5. The van der Waals surface area contributed by atoms with Crippen LogP contribution in [0.4, 0.5) is 24.7 Å². The van der Waals surface area contributed by atoms with E-state index in [0.29, 0.717) is 5.75 Å². The maximum Gasteiger partial charge on any atom is 0.408 e. The van der Waals surface area contributed by atoms with Gasteiger partial charge in [0.25, 0.3) is 0 Å². The van der Waals surface area contributed by atoms with E-state index in [1.807, 2.05) is 0 Å². The van der Waals surface area contributed by atoms with Crippen molar-refractivity contribution in [3.8, 4) is 5.75 Å². The number of nitrogens with zero attached hydrogens (tertiary/aromatic N) is 3. The summed E-state index contributed by atoms with van der Waals surface area (Å²) in [6.07, 6.45) is -3.10. The predicted octanol–water partition coefficient (Wildman–Crippen LogP) is 4.14. The number of rotatable bonds is 6. The standard InChI is InChI=1S/C18H18ClF3N4O2S/c1-28-12-5-3-11(4-6-12)9-26(29(2)27)17-15-13(19)7-8-14(23)16(15)25(24-17)10-18(20,21)22/h3-8H,9-10,23H2,1-2H3. The van der Waals surface area contributed by atoms with Crippen LogP contribution in [0.15, 0.2) is 36.4 Å². The molecular weight excluding hydrogens is 429 g/mol. The van der Waals surface area contributed by atoms with Crippen LogP contribution in [0.1, 0.15) is 5.56 Å². The second-order valence-electron chi connectivity index (χ2n) is 6.27. The number of fused-ring (bicyclic) bond motifs is 1. The molecule has 0 bridgehead atoms. The Hall–Kier alpha value is -2.46. The summed E-state index contributed by atoms with van der Waals surface area (Å²) in [4.78, 5) is 0. The maximum atomic E-state index is 13.1. The van der Waals surface area contributed by atoms with Crippen molar-refractivity contribution in [3.05, 3.63) is 47.0 Å². The summed E-state index contributed by atoms with van der Waals surface area (Å²) in [7, 11) is -0.0612. The van der Waals surface area contributed by atoms with E-state index < -0.39 is 23.7 Å². The summed E-state index contributed by atoms with van der Waals surface area (Å²) in [5.74, 6) is 0.715. The molecule has 1 aromatic heterocycles. The monoisotopic (exact) mass is 446 g/mol. The van der Waals surface area contributed by atoms with E-state index in [0.717, 1.165) is 10.2 Å². The van der Waals surface area contributed by atoms with E-state index in [1.54, 1.807) is 24.3 Å². The highest BCUT2D eigenvalue weighted by molar-refractivity contribution is 7.85. The van der Waals surface area contributed by atoms with Gasteiger partial charge in [-0.3, -0.25) is 8.99 Å². The lowest BCUT2D eigenvalue weighted by Gasteiger charge is -2.20. The average molecular weight is 447 g/mol.